The van der Waals surface area contributed by atoms with E-state index in [1.165, 1.54) is 12.8 Å². The van der Waals surface area contributed by atoms with Crippen molar-refractivity contribution in [1.29, 1.82) is 0 Å². The zero-order chi connectivity index (χ0) is 11.8. The van der Waals surface area contributed by atoms with E-state index < -0.39 is 0 Å². The van der Waals surface area contributed by atoms with Gasteiger partial charge in [0.1, 0.15) is 5.76 Å². The first-order valence-electron chi connectivity index (χ1n) is 6.17. The van der Waals surface area contributed by atoms with Crippen molar-refractivity contribution < 1.29 is 4.42 Å². The number of piperidine rings is 1. The number of nitrogens with one attached hydrogen (secondary N) is 1. The molecular weight excluding hydrogens is 200 g/mol. The van der Waals surface area contributed by atoms with E-state index in [2.05, 4.69) is 26.1 Å². The van der Waals surface area contributed by atoms with Crippen LogP contribution in [-0.4, -0.2) is 18.1 Å². The molecular formula is C13H22N2O. The molecule has 1 fully saturated rings. The molecule has 0 spiro atoms. The number of oxazole rings is 1. The molecule has 0 saturated carbocycles. The molecule has 1 saturated heterocycles. The summed E-state index contributed by atoms with van der Waals surface area (Å²) in [6, 6.07) is 0. The predicted octanol–water partition coefficient (Wildman–Crippen LogP) is 2.75. The van der Waals surface area contributed by atoms with Gasteiger partial charge in [-0.1, -0.05) is 20.8 Å². The number of rotatable bonds is 1. The van der Waals surface area contributed by atoms with Gasteiger partial charge in [-0.05, 0) is 26.3 Å². The van der Waals surface area contributed by atoms with Crippen LogP contribution in [0.5, 0.6) is 0 Å². The third-order valence-electron chi connectivity index (χ3n) is 3.16. The standard InChI is InChI=1S/C13H22N2O/c1-9-11(10-6-5-7-14-8-10)15-12(16-9)13(2,3)4/h10,14H,5-8H2,1-4H3. The van der Waals surface area contributed by atoms with E-state index in [9.17, 15) is 0 Å². The number of aryl methyl sites for hydroxylation is 1. The molecule has 0 bridgehead atoms. The van der Waals surface area contributed by atoms with Crippen molar-refractivity contribution in [2.45, 2.75) is 51.9 Å². The molecule has 16 heavy (non-hydrogen) atoms. The number of aromatic nitrogens is 1. The first kappa shape index (κ1) is 11.6. The molecule has 1 aliphatic rings. The molecule has 2 rings (SSSR count). The highest BCUT2D eigenvalue weighted by Gasteiger charge is 2.26. The fourth-order valence-corrected chi connectivity index (χ4v) is 2.19. The zero-order valence-corrected chi connectivity index (χ0v) is 10.8. The van der Waals surface area contributed by atoms with Crippen LogP contribution in [0.2, 0.25) is 0 Å². The van der Waals surface area contributed by atoms with Crippen LogP contribution < -0.4 is 5.32 Å². The van der Waals surface area contributed by atoms with Crippen LogP contribution in [0.4, 0.5) is 0 Å². The molecule has 1 atom stereocenters. The molecule has 2 heterocycles. The average Bonchev–Trinajstić information content (AvgIpc) is 2.61. The highest BCUT2D eigenvalue weighted by atomic mass is 16.4. The first-order valence-corrected chi connectivity index (χ1v) is 6.17. The van der Waals surface area contributed by atoms with Crippen molar-refractivity contribution in [1.82, 2.24) is 10.3 Å². The SMILES string of the molecule is Cc1oc(C(C)(C)C)nc1C1CCCNC1. The molecule has 1 aromatic heterocycles. The summed E-state index contributed by atoms with van der Waals surface area (Å²) in [6.45, 7) is 10.6. The molecule has 0 amide bonds. The van der Waals surface area contributed by atoms with E-state index in [-0.39, 0.29) is 5.41 Å². The van der Waals surface area contributed by atoms with Crippen LogP contribution in [0.25, 0.3) is 0 Å². The second kappa shape index (κ2) is 4.21. The van der Waals surface area contributed by atoms with Gasteiger partial charge < -0.3 is 9.73 Å². The summed E-state index contributed by atoms with van der Waals surface area (Å²) >= 11 is 0. The Labute approximate surface area is 97.6 Å². The molecule has 0 aliphatic carbocycles. The summed E-state index contributed by atoms with van der Waals surface area (Å²) in [5.74, 6) is 2.40. The molecule has 1 unspecified atom stereocenters. The van der Waals surface area contributed by atoms with E-state index in [0.29, 0.717) is 5.92 Å². The Bertz CT molecular complexity index is 356. The average molecular weight is 222 g/mol. The Morgan fingerprint density at radius 3 is 2.62 bits per heavy atom. The minimum absolute atomic E-state index is 0.00506. The maximum atomic E-state index is 5.79. The third kappa shape index (κ3) is 2.29. The maximum absolute atomic E-state index is 5.79. The van der Waals surface area contributed by atoms with Gasteiger partial charge in [0.2, 0.25) is 0 Å². The summed E-state index contributed by atoms with van der Waals surface area (Å²) in [5.41, 5.74) is 1.17. The van der Waals surface area contributed by atoms with Crippen molar-refractivity contribution in [3.63, 3.8) is 0 Å². The molecule has 1 aromatic rings. The lowest BCUT2D eigenvalue weighted by molar-refractivity contribution is 0.380. The third-order valence-corrected chi connectivity index (χ3v) is 3.16. The van der Waals surface area contributed by atoms with Gasteiger partial charge in [-0.15, -0.1) is 0 Å². The Hall–Kier alpha value is -0.830. The molecule has 0 radical (unpaired) electrons. The minimum atomic E-state index is 0.00506. The van der Waals surface area contributed by atoms with Crippen molar-refractivity contribution >= 4 is 0 Å². The van der Waals surface area contributed by atoms with Crippen LogP contribution in [0, 0.1) is 6.92 Å². The molecule has 3 nitrogen and oxygen atoms in total. The smallest absolute Gasteiger partial charge is 0.200 e. The maximum Gasteiger partial charge on any atom is 0.200 e. The van der Waals surface area contributed by atoms with E-state index in [0.717, 1.165) is 30.4 Å². The zero-order valence-electron chi connectivity index (χ0n) is 10.8. The van der Waals surface area contributed by atoms with Gasteiger partial charge in [0.05, 0.1) is 5.69 Å². The lowest BCUT2D eigenvalue weighted by atomic mass is 9.94. The number of hydrogen-bond acceptors (Lipinski definition) is 3. The molecule has 0 aromatic carbocycles. The summed E-state index contributed by atoms with van der Waals surface area (Å²) in [7, 11) is 0. The van der Waals surface area contributed by atoms with E-state index in [1.54, 1.807) is 0 Å². The molecule has 1 N–H and O–H groups in total. The van der Waals surface area contributed by atoms with Crippen LogP contribution in [0.3, 0.4) is 0 Å². The fraction of sp³-hybridized carbons (Fsp3) is 0.769. The lowest BCUT2D eigenvalue weighted by Gasteiger charge is -2.21. The lowest BCUT2D eigenvalue weighted by Crippen LogP contribution is -2.29. The normalized spacial score (nSPS) is 22.4. The molecule has 1 aliphatic heterocycles. The van der Waals surface area contributed by atoms with Gasteiger partial charge in [-0.3, -0.25) is 0 Å². The van der Waals surface area contributed by atoms with Gasteiger partial charge in [0, 0.05) is 17.9 Å². The van der Waals surface area contributed by atoms with E-state index in [1.807, 2.05) is 6.92 Å². The highest BCUT2D eigenvalue weighted by molar-refractivity contribution is 5.17. The summed E-state index contributed by atoms with van der Waals surface area (Å²) in [4.78, 5) is 4.70. The van der Waals surface area contributed by atoms with Gasteiger partial charge >= 0.3 is 0 Å². The number of nitrogens with zero attached hydrogens (tertiary/aromatic N) is 1. The summed E-state index contributed by atoms with van der Waals surface area (Å²) in [6.07, 6.45) is 2.46. The fourth-order valence-electron chi connectivity index (χ4n) is 2.19. The minimum Gasteiger partial charge on any atom is -0.445 e. The summed E-state index contributed by atoms with van der Waals surface area (Å²) in [5, 5.41) is 3.43. The topological polar surface area (TPSA) is 38.1 Å². The van der Waals surface area contributed by atoms with Gasteiger partial charge in [-0.2, -0.15) is 0 Å². The highest BCUT2D eigenvalue weighted by Crippen LogP contribution is 2.30. The predicted molar refractivity (Wildman–Crippen MR) is 64.8 cm³/mol. The van der Waals surface area contributed by atoms with Crippen LogP contribution in [-0.2, 0) is 5.41 Å². The first-order chi connectivity index (χ1) is 7.48. The van der Waals surface area contributed by atoms with Crippen LogP contribution in [0.15, 0.2) is 4.42 Å². The summed E-state index contributed by atoms with van der Waals surface area (Å²) < 4.78 is 5.79. The van der Waals surface area contributed by atoms with Crippen molar-refractivity contribution in [3.05, 3.63) is 17.3 Å². The largest absolute Gasteiger partial charge is 0.445 e. The second-order valence-electron chi connectivity index (χ2n) is 5.75. The molecule has 90 valence electrons. The Balaban J connectivity index is 2.24. The number of hydrogen-bond donors (Lipinski definition) is 1. The monoisotopic (exact) mass is 222 g/mol. The Morgan fingerprint density at radius 2 is 2.12 bits per heavy atom. The Morgan fingerprint density at radius 1 is 1.38 bits per heavy atom. The van der Waals surface area contributed by atoms with E-state index in [4.69, 9.17) is 9.40 Å². The molecule has 3 heteroatoms. The van der Waals surface area contributed by atoms with Gasteiger partial charge in [0.15, 0.2) is 5.89 Å². The quantitative estimate of drug-likeness (QED) is 0.794. The van der Waals surface area contributed by atoms with Crippen molar-refractivity contribution in [3.8, 4) is 0 Å². The van der Waals surface area contributed by atoms with Gasteiger partial charge in [0.25, 0.3) is 0 Å². The van der Waals surface area contributed by atoms with E-state index >= 15 is 0 Å². The van der Waals surface area contributed by atoms with Crippen molar-refractivity contribution in [2.75, 3.05) is 13.1 Å². The van der Waals surface area contributed by atoms with Crippen LogP contribution >= 0.6 is 0 Å². The Kier molecular flexibility index (Phi) is 3.06. The van der Waals surface area contributed by atoms with Gasteiger partial charge in [-0.25, -0.2) is 4.98 Å². The second-order valence-corrected chi connectivity index (χ2v) is 5.75. The van der Waals surface area contributed by atoms with Crippen LogP contribution in [0.1, 0.15) is 56.9 Å². The van der Waals surface area contributed by atoms with Crippen molar-refractivity contribution in [2.24, 2.45) is 0 Å².